The van der Waals surface area contributed by atoms with E-state index in [0.717, 1.165) is 13.0 Å². The molecule has 4 nitrogen and oxygen atoms in total. The SMILES string of the molecule is CC(C)N(CCCN(C)C(=O)C(O)(c1ccccc1)c1ccccc1)C(C)C. The van der Waals surface area contributed by atoms with Crippen LogP contribution in [0.4, 0.5) is 0 Å². The van der Waals surface area contributed by atoms with E-state index in [4.69, 9.17) is 0 Å². The van der Waals surface area contributed by atoms with Crippen molar-refractivity contribution in [1.29, 1.82) is 0 Å². The molecule has 0 aliphatic carbocycles. The number of nitrogens with zero attached hydrogens (tertiary/aromatic N) is 2. The molecule has 0 aromatic heterocycles. The van der Waals surface area contributed by atoms with Gasteiger partial charge in [0.1, 0.15) is 0 Å². The number of hydrogen-bond acceptors (Lipinski definition) is 3. The second-order valence-electron chi connectivity index (χ2n) is 7.95. The Morgan fingerprint density at radius 2 is 1.29 bits per heavy atom. The standard InChI is InChI=1S/C24H34N2O2/c1-19(2)26(20(3)4)18-12-17-25(5)23(27)24(28,21-13-8-6-9-14-21)22-15-10-7-11-16-22/h6-11,13-16,19-20,28H,12,17-18H2,1-5H3. The highest BCUT2D eigenvalue weighted by molar-refractivity contribution is 5.90. The highest BCUT2D eigenvalue weighted by Gasteiger charge is 2.41. The number of carbonyl (C=O) groups is 1. The zero-order chi connectivity index (χ0) is 20.7. The van der Waals surface area contributed by atoms with Crippen LogP contribution in [0.25, 0.3) is 0 Å². The second kappa shape index (κ2) is 9.85. The van der Waals surface area contributed by atoms with Gasteiger partial charge in [-0.25, -0.2) is 0 Å². The summed E-state index contributed by atoms with van der Waals surface area (Å²) in [7, 11) is 1.77. The summed E-state index contributed by atoms with van der Waals surface area (Å²) >= 11 is 0. The van der Waals surface area contributed by atoms with Crippen molar-refractivity contribution < 1.29 is 9.90 Å². The van der Waals surface area contributed by atoms with E-state index in [1.54, 1.807) is 36.2 Å². The highest BCUT2D eigenvalue weighted by Crippen LogP contribution is 2.31. The zero-order valence-corrected chi connectivity index (χ0v) is 17.8. The Morgan fingerprint density at radius 1 is 0.857 bits per heavy atom. The van der Waals surface area contributed by atoms with Gasteiger partial charge in [0.25, 0.3) is 5.91 Å². The third-order valence-corrected chi connectivity index (χ3v) is 5.28. The average molecular weight is 383 g/mol. The molecule has 0 radical (unpaired) electrons. The predicted molar refractivity (Wildman–Crippen MR) is 115 cm³/mol. The van der Waals surface area contributed by atoms with Crippen molar-refractivity contribution in [3.63, 3.8) is 0 Å². The van der Waals surface area contributed by atoms with Crippen LogP contribution in [0.2, 0.25) is 0 Å². The van der Waals surface area contributed by atoms with E-state index in [1.165, 1.54) is 0 Å². The van der Waals surface area contributed by atoms with Crippen LogP contribution in [-0.2, 0) is 10.4 Å². The molecule has 0 fully saturated rings. The van der Waals surface area contributed by atoms with Crippen LogP contribution in [0.15, 0.2) is 60.7 Å². The van der Waals surface area contributed by atoms with Gasteiger partial charge in [-0.1, -0.05) is 60.7 Å². The molecule has 1 N–H and O–H groups in total. The maximum absolute atomic E-state index is 13.4. The first-order valence-corrected chi connectivity index (χ1v) is 10.1. The minimum atomic E-state index is -1.69. The van der Waals surface area contributed by atoms with E-state index in [2.05, 4.69) is 32.6 Å². The number of carbonyl (C=O) groups excluding carboxylic acids is 1. The predicted octanol–water partition coefficient (Wildman–Crippen LogP) is 3.89. The molecule has 0 unspecified atom stereocenters. The van der Waals surface area contributed by atoms with E-state index in [9.17, 15) is 9.90 Å². The van der Waals surface area contributed by atoms with Gasteiger partial charge in [0, 0.05) is 32.2 Å². The zero-order valence-electron chi connectivity index (χ0n) is 17.8. The Bertz CT molecular complexity index is 681. The van der Waals surface area contributed by atoms with Gasteiger partial charge in [-0.05, 0) is 45.2 Å². The fraction of sp³-hybridized carbons (Fsp3) is 0.458. The first-order chi connectivity index (χ1) is 13.3. The molecule has 1 amide bonds. The summed E-state index contributed by atoms with van der Waals surface area (Å²) < 4.78 is 0. The Morgan fingerprint density at radius 3 is 1.68 bits per heavy atom. The van der Waals surface area contributed by atoms with Gasteiger partial charge in [0.15, 0.2) is 5.60 Å². The Hall–Kier alpha value is -2.17. The van der Waals surface area contributed by atoms with E-state index in [0.29, 0.717) is 29.8 Å². The number of hydrogen-bond donors (Lipinski definition) is 1. The molecular formula is C24H34N2O2. The second-order valence-corrected chi connectivity index (χ2v) is 7.95. The van der Waals surface area contributed by atoms with Crippen molar-refractivity contribution >= 4 is 5.91 Å². The van der Waals surface area contributed by atoms with E-state index in [-0.39, 0.29) is 5.91 Å². The molecule has 2 rings (SSSR count). The van der Waals surface area contributed by atoms with Crippen molar-refractivity contribution in [2.24, 2.45) is 0 Å². The summed E-state index contributed by atoms with van der Waals surface area (Å²) in [6.45, 7) is 10.3. The van der Waals surface area contributed by atoms with Gasteiger partial charge in [-0.3, -0.25) is 9.69 Å². The van der Waals surface area contributed by atoms with Crippen LogP contribution in [0.3, 0.4) is 0 Å². The normalized spacial score (nSPS) is 12.0. The molecule has 4 heteroatoms. The number of rotatable bonds is 9. The summed E-state index contributed by atoms with van der Waals surface area (Å²) in [4.78, 5) is 17.4. The van der Waals surface area contributed by atoms with Gasteiger partial charge < -0.3 is 10.0 Å². The number of aliphatic hydroxyl groups is 1. The van der Waals surface area contributed by atoms with Crippen molar-refractivity contribution in [2.45, 2.75) is 51.8 Å². The molecule has 28 heavy (non-hydrogen) atoms. The molecule has 152 valence electrons. The molecule has 0 bridgehead atoms. The number of amides is 1. The first-order valence-electron chi connectivity index (χ1n) is 10.1. The van der Waals surface area contributed by atoms with Crippen LogP contribution in [0.5, 0.6) is 0 Å². The largest absolute Gasteiger partial charge is 0.372 e. The monoisotopic (exact) mass is 382 g/mol. The lowest BCUT2D eigenvalue weighted by Gasteiger charge is -2.34. The average Bonchev–Trinajstić information content (AvgIpc) is 2.70. The van der Waals surface area contributed by atoms with E-state index >= 15 is 0 Å². The van der Waals surface area contributed by atoms with Gasteiger partial charge >= 0.3 is 0 Å². The summed E-state index contributed by atoms with van der Waals surface area (Å²) in [5.74, 6) is -0.300. The molecule has 0 aliphatic rings. The van der Waals surface area contributed by atoms with E-state index in [1.807, 2.05) is 36.4 Å². The van der Waals surface area contributed by atoms with Crippen LogP contribution in [-0.4, -0.2) is 53.0 Å². The summed E-state index contributed by atoms with van der Waals surface area (Å²) in [5.41, 5.74) is -0.513. The quantitative estimate of drug-likeness (QED) is 0.716. The molecule has 0 heterocycles. The lowest BCUT2D eigenvalue weighted by molar-refractivity contribution is -0.146. The van der Waals surface area contributed by atoms with Crippen molar-refractivity contribution in [3.8, 4) is 0 Å². The molecule has 0 aliphatic heterocycles. The summed E-state index contributed by atoms with van der Waals surface area (Å²) in [6, 6.07) is 19.3. The fourth-order valence-corrected chi connectivity index (χ4v) is 3.75. The lowest BCUT2D eigenvalue weighted by atomic mass is 9.85. The first kappa shape index (κ1) is 22.1. The Labute approximate surface area is 169 Å². The van der Waals surface area contributed by atoms with Crippen LogP contribution in [0, 0.1) is 0 Å². The summed E-state index contributed by atoms with van der Waals surface area (Å²) in [6.07, 6.45) is 0.859. The van der Waals surface area contributed by atoms with Crippen LogP contribution < -0.4 is 0 Å². The Kier molecular flexibility index (Phi) is 7.78. The van der Waals surface area contributed by atoms with Gasteiger partial charge in [0.05, 0.1) is 0 Å². The highest BCUT2D eigenvalue weighted by atomic mass is 16.3. The van der Waals surface area contributed by atoms with E-state index < -0.39 is 5.60 Å². The maximum atomic E-state index is 13.4. The topological polar surface area (TPSA) is 43.8 Å². The molecule has 0 atom stereocenters. The number of benzene rings is 2. The smallest absolute Gasteiger partial charge is 0.263 e. The molecule has 2 aromatic carbocycles. The van der Waals surface area contributed by atoms with Gasteiger partial charge in [0.2, 0.25) is 0 Å². The molecule has 0 saturated carbocycles. The van der Waals surface area contributed by atoms with Gasteiger partial charge in [-0.2, -0.15) is 0 Å². The van der Waals surface area contributed by atoms with Crippen molar-refractivity contribution in [1.82, 2.24) is 9.80 Å². The minimum absolute atomic E-state index is 0.300. The fourth-order valence-electron chi connectivity index (χ4n) is 3.75. The van der Waals surface area contributed by atoms with Crippen molar-refractivity contribution in [2.75, 3.05) is 20.1 Å². The molecule has 2 aromatic rings. The summed E-state index contributed by atoms with van der Waals surface area (Å²) in [5, 5.41) is 11.6. The lowest BCUT2D eigenvalue weighted by Crippen LogP contribution is -2.47. The molecular weight excluding hydrogens is 348 g/mol. The minimum Gasteiger partial charge on any atom is -0.372 e. The Balaban J connectivity index is 2.19. The van der Waals surface area contributed by atoms with Crippen LogP contribution >= 0.6 is 0 Å². The molecule has 0 spiro atoms. The third-order valence-electron chi connectivity index (χ3n) is 5.28. The third kappa shape index (κ3) is 5.00. The maximum Gasteiger partial charge on any atom is 0.263 e. The van der Waals surface area contributed by atoms with Gasteiger partial charge in [-0.15, -0.1) is 0 Å². The number of likely N-dealkylation sites (N-methyl/N-ethyl adjacent to an activating group) is 1. The molecule has 0 saturated heterocycles. The van der Waals surface area contributed by atoms with Crippen molar-refractivity contribution in [3.05, 3.63) is 71.8 Å². The van der Waals surface area contributed by atoms with Crippen LogP contribution in [0.1, 0.15) is 45.2 Å².